The van der Waals surface area contributed by atoms with Gasteiger partial charge in [-0.25, -0.2) is 18.0 Å². The molecule has 1 fully saturated rings. The molecule has 1 unspecified atom stereocenters. The number of benzene rings is 1. The summed E-state index contributed by atoms with van der Waals surface area (Å²) in [6.45, 7) is 0.147. The molecule has 0 aromatic heterocycles. The first-order valence-electron chi connectivity index (χ1n) is 6.60. The fraction of sp³-hybridized carbons (Fsp3) is 0.429. The maximum atomic E-state index is 13.7. The fourth-order valence-electron chi connectivity index (χ4n) is 2.45. The van der Waals surface area contributed by atoms with Crippen LogP contribution in [0, 0.1) is 17.5 Å². The molecule has 2 rings (SSSR count). The molecule has 21 heavy (non-hydrogen) atoms. The van der Waals surface area contributed by atoms with Gasteiger partial charge >= 0.3 is 5.97 Å². The molecule has 1 aromatic rings. The van der Waals surface area contributed by atoms with Crippen molar-refractivity contribution in [3.8, 4) is 0 Å². The lowest BCUT2D eigenvalue weighted by atomic mass is 10.1. The molecule has 1 aromatic carbocycles. The second-order valence-corrected chi connectivity index (χ2v) is 4.92. The van der Waals surface area contributed by atoms with E-state index in [2.05, 4.69) is 0 Å². The molecule has 1 N–H and O–H groups in total. The van der Waals surface area contributed by atoms with Gasteiger partial charge in [0.2, 0.25) is 0 Å². The minimum Gasteiger partial charge on any atom is -0.480 e. The highest BCUT2D eigenvalue weighted by atomic mass is 19.2. The average Bonchev–Trinajstić information content (AvgIpc) is 2.70. The summed E-state index contributed by atoms with van der Waals surface area (Å²) in [5, 5.41) is 9.18. The molecule has 1 saturated heterocycles. The molecule has 0 saturated carbocycles. The van der Waals surface area contributed by atoms with Crippen molar-refractivity contribution in [3.05, 3.63) is 35.1 Å². The molecule has 114 valence electrons. The third kappa shape index (κ3) is 3.01. The van der Waals surface area contributed by atoms with E-state index in [1.54, 1.807) is 0 Å². The topological polar surface area (TPSA) is 57.6 Å². The highest BCUT2D eigenvalue weighted by Crippen LogP contribution is 2.22. The molecule has 0 aliphatic carbocycles. The van der Waals surface area contributed by atoms with Gasteiger partial charge in [-0.1, -0.05) is 12.8 Å². The molecule has 1 aliphatic rings. The van der Waals surface area contributed by atoms with E-state index in [0.717, 1.165) is 17.4 Å². The Hall–Kier alpha value is -2.05. The Balaban J connectivity index is 2.37. The quantitative estimate of drug-likeness (QED) is 0.854. The van der Waals surface area contributed by atoms with Crippen LogP contribution in [0.3, 0.4) is 0 Å². The first kappa shape index (κ1) is 15.3. The van der Waals surface area contributed by atoms with Crippen LogP contribution in [0.15, 0.2) is 12.1 Å². The zero-order chi connectivity index (χ0) is 15.6. The summed E-state index contributed by atoms with van der Waals surface area (Å²) in [7, 11) is 0. The van der Waals surface area contributed by atoms with Gasteiger partial charge in [0.25, 0.3) is 5.91 Å². The van der Waals surface area contributed by atoms with E-state index in [0.29, 0.717) is 18.9 Å². The van der Waals surface area contributed by atoms with Gasteiger partial charge in [0.1, 0.15) is 6.04 Å². The van der Waals surface area contributed by atoms with Gasteiger partial charge in [-0.3, -0.25) is 4.79 Å². The second kappa shape index (κ2) is 6.15. The summed E-state index contributed by atoms with van der Waals surface area (Å²) >= 11 is 0. The predicted octanol–water partition coefficient (Wildman–Crippen LogP) is 2.57. The molecule has 0 bridgehead atoms. The first-order chi connectivity index (χ1) is 9.93. The van der Waals surface area contributed by atoms with Gasteiger partial charge < -0.3 is 10.0 Å². The van der Waals surface area contributed by atoms with Gasteiger partial charge in [-0.05, 0) is 25.0 Å². The number of rotatable bonds is 2. The van der Waals surface area contributed by atoms with Crippen LogP contribution in [-0.2, 0) is 4.79 Å². The van der Waals surface area contributed by atoms with E-state index in [1.165, 1.54) is 0 Å². The summed E-state index contributed by atoms with van der Waals surface area (Å²) in [5.41, 5.74) is -0.651. The standard InChI is InChI=1S/C14H14F3NO3/c15-9-6-5-8(11(16)12(9)17)13(19)18-7-3-1-2-4-10(18)14(20)21/h5-6,10H,1-4,7H2,(H,20,21). The minimum absolute atomic E-state index is 0.147. The Bertz CT molecular complexity index is 577. The van der Waals surface area contributed by atoms with E-state index in [9.17, 15) is 27.9 Å². The van der Waals surface area contributed by atoms with Crippen molar-refractivity contribution in [2.24, 2.45) is 0 Å². The number of aliphatic carboxylic acids is 1. The summed E-state index contributed by atoms with van der Waals surface area (Å²) < 4.78 is 39.8. The lowest BCUT2D eigenvalue weighted by molar-refractivity contribution is -0.142. The van der Waals surface area contributed by atoms with E-state index in [1.807, 2.05) is 0 Å². The van der Waals surface area contributed by atoms with Crippen LogP contribution in [0.5, 0.6) is 0 Å². The van der Waals surface area contributed by atoms with E-state index in [-0.39, 0.29) is 13.0 Å². The zero-order valence-corrected chi connectivity index (χ0v) is 11.1. The fourth-order valence-corrected chi connectivity index (χ4v) is 2.45. The average molecular weight is 301 g/mol. The van der Waals surface area contributed by atoms with Gasteiger partial charge in [0.15, 0.2) is 17.5 Å². The van der Waals surface area contributed by atoms with Gasteiger partial charge in [0, 0.05) is 6.54 Å². The maximum Gasteiger partial charge on any atom is 0.326 e. The molecular weight excluding hydrogens is 287 g/mol. The Morgan fingerprint density at radius 1 is 1.10 bits per heavy atom. The van der Waals surface area contributed by atoms with Crippen LogP contribution in [0.4, 0.5) is 13.2 Å². The van der Waals surface area contributed by atoms with E-state index in [4.69, 9.17) is 0 Å². The number of carboxylic acids is 1. The van der Waals surface area contributed by atoms with Gasteiger partial charge in [0.05, 0.1) is 5.56 Å². The first-order valence-corrected chi connectivity index (χ1v) is 6.60. The van der Waals surface area contributed by atoms with Crippen molar-refractivity contribution < 1.29 is 27.9 Å². The third-order valence-electron chi connectivity index (χ3n) is 3.56. The van der Waals surface area contributed by atoms with Crippen LogP contribution < -0.4 is 0 Å². The molecule has 1 atom stereocenters. The molecule has 1 aliphatic heterocycles. The van der Waals surface area contributed by atoms with Gasteiger partial charge in [-0.2, -0.15) is 0 Å². The van der Waals surface area contributed by atoms with Crippen molar-refractivity contribution in [1.29, 1.82) is 0 Å². The molecule has 7 heteroatoms. The Morgan fingerprint density at radius 2 is 1.81 bits per heavy atom. The van der Waals surface area contributed by atoms with Crippen LogP contribution >= 0.6 is 0 Å². The van der Waals surface area contributed by atoms with Crippen LogP contribution in [-0.4, -0.2) is 34.5 Å². The lowest BCUT2D eigenvalue weighted by Crippen LogP contribution is -2.45. The van der Waals surface area contributed by atoms with Crippen molar-refractivity contribution >= 4 is 11.9 Å². The van der Waals surface area contributed by atoms with E-state index < -0.39 is 40.9 Å². The van der Waals surface area contributed by atoms with Crippen molar-refractivity contribution in [1.82, 2.24) is 4.90 Å². The minimum atomic E-state index is -1.73. The Labute approximate surface area is 119 Å². The summed E-state index contributed by atoms with van der Waals surface area (Å²) in [6, 6.07) is 0.409. The molecule has 4 nitrogen and oxygen atoms in total. The molecular formula is C14H14F3NO3. The molecule has 1 amide bonds. The van der Waals surface area contributed by atoms with Crippen LogP contribution in [0.1, 0.15) is 36.0 Å². The zero-order valence-electron chi connectivity index (χ0n) is 11.1. The number of amides is 1. The largest absolute Gasteiger partial charge is 0.480 e. The number of nitrogens with zero attached hydrogens (tertiary/aromatic N) is 1. The number of hydrogen-bond acceptors (Lipinski definition) is 2. The number of hydrogen-bond donors (Lipinski definition) is 1. The highest BCUT2D eigenvalue weighted by Gasteiger charge is 2.33. The number of carbonyl (C=O) groups is 2. The summed E-state index contributed by atoms with van der Waals surface area (Å²) in [6.07, 6.45) is 2.24. The maximum absolute atomic E-state index is 13.7. The number of carbonyl (C=O) groups excluding carboxylic acids is 1. The highest BCUT2D eigenvalue weighted by molar-refractivity contribution is 5.97. The lowest BCUT2D eigenvalue weighted by Gasteiger charge is -2.27. The molecule has 0 spiro atoms. The number of carboxylic acid groups (broad SMARTS) is 1. The van der Waals surface area contributed by atoms with Crippen LogP contribution in [0.2, 0.25) is 0 Å². The SMILES string of the molecule is O=C(O)C1CCCCCN1C(=O)c1ccc(F)c(F)c1F. The third-order valence-corrected chi connectivity index (χ3v) is 3.56. The Morgan fingerprint density at radius 3 is 2.48 bits per heavy atom. The summed E-state index contributed by atoms with van der Waals surface area (Å²) in [5.74, 6) is -6.83. The summed E-state index contributed by atoms with van der Waals surface area (Å²) in [4.78, 5) is 24.5. The normalized spacial score (nSPS) is 19.2. The van der Waals surface area contributed by atoms with Crippen molar-refractivity contribution in [3.63, 3.8) is 0 Å². The Kier molecular flexibility index (Phi) is 4.50. The monoisotopic (exact) mass is 301 g/mol. The number of likely N-dealkylation sites (tertiary alicyclic amines) is 1. The van der Waals surface area contributed by atoms with Crippen molar-refractivity contribution in [2.75, 3.05) is 6.54 Å². The van der Waals surface area contributed by atoms with E-state index >= 15 is 0 Å². The molecule has 0 radical (unpaired) electrons. The smallest absolute Gasteiger partial charge is 0.326 e. The van der Waals surface area contributed by atoms with Crippen molar-refractivity contribution in [2.45, 2.75) is 31.7 Å². The predicted molar refractivity (Wildman–Crippen MR) is 67.2 cm³/mol. The molecule has 1 heterocycles. The second-order valence-electron chi connectivity index (χ2n) is 4.92. The van der Waals surface area contributed by atoms with Crippen LogP contribution in [0.25, 0.3) is 0 Å². The van der Waals surface area contributed by atoms with Gasteiger partial charge in [-0.15, -0.1) is 0 Å². The number of halogens is 3.